The quantitative estimate of drug-likeness (QED) is 0.544. The minimum Gasteiger partial charge on any atom is -0.481 e. The molecule has 0 aliphatic heterocycles. The number of ether oxygens (including phenoxy) is 1. The third kappa shape index (κ3) is 3.38. The first-order valence-corrected chi connectivity index (χ1v) is 4.38. The lowest BCUT2D eigenvalue weighted by Crippen LogP contribution is -2.09. The summed E-state index contributed by atoms with van der Waals surface area (Å²) in [5.74, 6) is 0.0882. The lowest BCUT2D eigenvalue weighted by atomic mass is 10.2. The van der Waals surface area contributed by atoms with Gasteiger partial charge in [-0.15, -0.1) is 0 Å². The van der Waals surface area contributed by atoms with Crippen molar-refractivity contribution in [1.82, 2.24) is 9.88 Å². The Balaban J connectivity index is 2.82. The molecular weight excluding hydrogens is 194 g/mol. The molecule has 5 nitrogen and oxygen atoms in total. The summed E-state index contributed by atoms with van der Waals surface area (Å²) < 4.78 is 4.90. The molecule has 1 rings (SSSR count). The predicted molar refractivity (Wildman–Crippen MR) is 57.3 cm³/mol. The number of nitrogens with zero attached hydrogens (tertiary/aromatic N) is 3. The standard InChI is InChI=1S/C10H13N3O2/c1-13(2)7-12-10(14)8-4-5-11-9(6-8)15-3/h4-7H,1-3H3/b12-7+. The first-order valence-electron chi connectivity index (χ1n) is 4.38. The molecule has 0 saturated heterocycles. The summed E-state index contributed by atoms with van der Waals surface area (Å²) in [6, 6.07) is 3.15. The second kappa shape index (κ2) is 5.09. The maximum absolute atomic E-state index is 11.5. The van der Waals surface area contributed by atoms with Crippen LogP contribution in [0.4, 0.5) is 0 Å². The second-order valence-corrected chi connectivity index (χ2v) is 3.10. The maximum atomic E-state index is 11.5. The SMILES string of the molecule is COc1cc(C(=O)/N=C/N(C)C)ccn1. The fraction of sp³-hybridized carbons (Fsp3) is 0.300. The van der Waals surface area contributed by atoms with Crippen LogP contribution in [0.2, 0.25) is 0 Å². The molecule has 1 aromatic rings. The molecule has 15 heavy (non-hydrogen) atoms. The van der Waals surface area contributed by atoms with Crippen molar-refractivity contribution >= 4 is 12.2 Å². The normalized spacial score (nSPS) is 10.3. The van der Waals surface area contributed by atoms with Crippen molar-refractivity contribution in [2.24, 2.45) is 4.99 Å². The van der Waals surface area contributed by atoms with Gasteiger partial charge in [0, 0.05) is 31.9 Å². The zero-order valence-electron chi connectivity index (χ0n) is 8.97. The number of aromatic nitrogens is 1. The van der Waals surface area contributed by atoms with Crippen LogP contribution >= 0.6 is 0 Å². The van der Waals surface area contributed by atoms with E-state index >= 15 is 0 Å². The van der Waals surface area contributed by atoms with Crippen LogP contribution in [-0.2, 0) is 0 Å². The lowest BCUT2D eigenvalue weighted by Gasteiger charge is -2.02. The van der Waals surface area contributed by atoms with Gasteiger partial charge in [-0.1, -0.05) is 0 Å². The molecule has 0 saturated carbocycles. The number of hydrogen-bond acceptors (Lipinski definition) is 3. The van der Waals surface area contributed by atoms with Gasteiger partial charge in [-0.05, 0) is 6.07 Å². The molecule has 0 fully saturated rings. The van der Waals surface area contributed by atoms with Crippen LogP contribution < -0.4 is 4.74 Å². The zero-order valence-corrected chi connectivity index (χ0v) is 8.97. The van der Waals surface area contributed by atoms with Gasteiger partial charge in [0.05, 0.1) is 13.4 Å². The van der Waals surface area contributed by atoms with Gasteiger partial charge < -0.3 is 9.64 Å². The summed E-state index contributed by atoms with van der Waals surface area (Å²) in [7, 11) is 5.09. The molecule has 0 unspecified atom stereocenters. The molecule has 1 heterocycles. The van der Waals surface area contributed by atoms with E-state index < -0.39 is 0 Å². The summed E-state index contributed by atoms with van der Waals surface area (Å²) in [5.41, 5.74) is 0.458. The van der Waals surface area contributed by atoms with Crippen molar-refractivity contribution in [3.8, 4) is 5.88 Å². The van der Waals surface area contributed by atoms with E-state index in [9.17, 15) is 4.79 Å². The second-order valence-electron chi connectivity index (χ2n) is 3.10. The van der Waals surface area contributed by atoms with E-state index in [1.807, 2.05) is 0 Å². The molecule has 0 aromatic carbocycles. The fourth-order valence-electron chi connectivity index (χ4n) is 0.897. The third-order valence-corrected chi connectivity index (χ3v) is 1.60. The number of pyridine rings is 1. The molecule has 0 spiro atoms. The molecule has 80 valence electrons. The van der Waals surface area contributed by atoms with Gasteiger partial charge in [-0.2, -0.15) is 4.99 Å². The lowest BCUT2D eigenvalue weighted by molar-refractivity contribution is 0.100. The first-order chi connectivity index (χ1) is 7.13. The summed E-state index contributed by atoms with van der Waals surface area (Å²) in [5, 5.41) is 0. The van der Waals surface area contributed by atoms with E-state index in [0.717, 1.165) is 0 Å². The van der Waals surface area contributed by atoms with Gasteiger partial charge in [0.25, 0.3) is 5.91 Å². The van der Waals surface area contributed by atoms with Crippen LogP contribution in [0.5, 0.6) is 5.88 Å². The highest BCUT2D eigenvalue weighted by atomic mass is 16.5. The molecule has 0 atom stereocenters. The third-order valence-electron chi connectivity index (χ3n) is 1.60. The van der Waals surface area contributed by atoms with Crippen LogP contribution in [0.25, 0.3) is 0 Å². The molecule has 0 aliphatic carbocycles. The number of carbonyl (C=O) groups excluding carboxylic acids is 1. The van der Waals surface area contributed by atoms with Gasteiger partial charge in [-0.3, -0.25) is 4.79 Å². The highest BCUT2D eigenvalue weighted by Gasteiger charge is 2.04. The van der Waals surface area contributed by atoms with Gasteiger partial charge in [-0.25, -0.2) is 4.98 Å². The van der Waals surface area contributed by atoms with Crippen LogP contribution in [0.1, 0.15) is 10.4 Å². The van der Waals surface area contributed by atoms with Crippen molar-refractivity contribution in [3.05, 3.63) is 23.9 Å². The number of aliphatic imine (C=N–C) groups is 1. The Bertz CT molecular complexity index is 375. The average Bonchev–Trinajstić information content (AvgIpc) is 2.26. The van der Waals surface area contributed by atoms with E-state index in [0.29, 0.717) is 11.4 Å². The van der Waals surface area contributed by atoms with Crippen molar-refractivity contribution in [2.75, 3.05) is 21.2 Å². The minimum absolute atomic E-state index is 0.315. The Morgan fingerprint density at radius 3 is 2.93 bits per heavy atom. The molecular formula is C10H13N3O2. The summed E-state index contributed by atoms with van der Waals surface area (Å²) in [6.45, 7) is 0. The maximum Gasteiger partial charge on any atom is 0.278 e. The predicted octanol–water partition coefficient (Wildman–Crippen LogP) is 0.820. The highest BCUT2D eigenvalue weighted by molar-refractivity contribution is 5.98. The smallest absolute Gasteiger partial charge is 0.278 e. The molecule has 1 aromatic heterocycles. The monoisotopic (exact) mass is 207 g/mol. The molecule has 0 bridgehead atoms. The molecule has 0 N–H and O–H groups in total. The van der Waals surface area contributed by atoms with Crippen LogP contribution in [0.15, 0.2) is 23.3 Å². The largest absolute Gasteiger partial charge is 0.481 e. The van der Waals surface area contributed by atoms with Gasteiger partial charge in [0.1, 0.15) is 0 Å². The summed E-state index contributed by atoms with van der Waals surface area (Å²) in [4.78, 5) is 20.8. The molecule has 0 radical (unpaired) electrons. The topological polar surface area (TPSA) is 54.8 Å². The first kappa shape index (κ1) is 11.2. The van der Waals surface area contributed by atoms with E-state index in [-0.39, 0.29) is 5.91 Å². The van der Waals surface area contributed by atoms with Crippen LogP contribution in [-0.4, -0.2) is 43.3 Å². The van der Waals surface area contributed by atoms with Crippen LogP contribution in [0.3, 0.4) is 0 Å². The Kier molecular flexibility index (Phi) is 3.79. The molecule has 1 amide bonds. The Labute approximate surface area is 88.4 Å². The number of methoxy groups -OCH3 is 1. The highest BCUT2D eigenvalue weighted by Crippen LogP contribution is 2.09. The van der Waals surface area contributed by atoms with Gasteiger partial charge in [0.15, 0.2) is 0 Å². The van der Waals surface area contributed by atoms with Crippen LogP contribution in [0, 0.1) is 0 Å². The summed E-state index contributed by atoms with van der Waals surface area (Å²) >= 11 is 0. The molecule has 0 aliphatic rings. The van der Waals surface area contributed by atoms with E-state index in [1.165, 1.54) is 19.6 Å². The average molecular weight is 207 g/mol. The zero-order chi connectivity index (χ0) is 11.3. The van der Waals surface area contributed by atoms with Crippen molar-refractivity contribution in [2.45, 2.75) is 0 Å². The van der Waals surface area contributed by atoms with E-state index in [1.54, 1.807) is 31.1 Å². The Morgan fingerprint density at radius 2 is 2.33 bits per heavy atom. The number of rotatable bonds is 3. The van der Waals surface area contributed by atoms with Gasteiger partial charge >= 0.3 is 0 Å². The van der Waals surface area contributed by atoms with Crippen molar-refractivity contribution < 1.29 is 9.53 Å². The van der Waals surface area contributed by atoms with E-state index in [4.69, 9.17) is 4.74 Å². The van der Waals surface area contributed by atoms with Gasteiger partial charge in [0.2, 0.25) is 5.88 Å². The van der Waals surface area contributed by atoms with E-state index in [2.05, 4.69) is 9.98 Å². The number of hydrogen-bond donors (Lipinski definition) is 0. The fourth-order valence-corrected chi connectivity index (χ4v) is 0.897. The Morgan fingerprint density at radius 1 is 1.60 bits per heavy atom. The minimum atomic E-state index is -0.315. The summed E-state index contributed by atoms with van der Waals surface area (Å²) in [6.07, 6.45) is 2.96. The molecule has 5 heteroatoms. The van der Waals surface area contributed by atoms with Crippen molar-refractivity contribution in [1.29, 1.82) is 0 Å². The number of carbonyl (C=O) groups is 1. The Hall–Kier alpha value is -1.91. The number of amides is 1. The van der Waals surface area contributed by atoms with Crippen molar-refractivity contribution in [3.63, 3.8) is 0 Å².